The van der Waals surface area contributed by atoms with E-state index in [1.165, 1.54) is 7.11 Å². The van der Waals surface area contributed by atoms with E-state index in [0.29, 0.717) is 6.54 Å². The molecule has 1 heterocycles. The normalized spacial score (nSPS) is 25.2. The second-order valence-electron chi connectivity index (χ2n) is 4.68. The summed E-state index contributed by atoms with van der Waals surface area (Å²) >= 11 is 0. The molecule has 2 atom stereocenters. The Bertz CT molecular complexity index is 272. The van der Waals surface area contributed by atoms with E-state index in [0.717, 1.165) is 12.8 Å². The van der Waals surface area contributed by atoms with Crippen LogP contribution in [0, 0.1) is 0 Å². The number of methoxy groups -OCH3 is 1. The van der Waals surface area contributed by atoms with E-state index >= 15 is 0 Å². The van der Waals surface area contributed by atoms with Crippen LogP contribution in [0.3, 0.4) is 0 Å². The van der Waals surface area contributed by atoms with Crippen molar-refractivity contribution in [2.75, 3.05) is 13.7 Å². The fourth-order valence-corrected chi connectivity index (χ4v) is 3.08. The molecule has 1 fully saturated rings. The fraction of sp³-hybridized carbons (Fsp3) is 0.900. The van der Waals surface area contributed by atoms with Gasteiger partial charge in [-0.1, -0.05) is 0 Å². The van der Waals surface area contributed by atoms with Crippen LogP contribution in [0.15, 0.2) is 0 Å². The third kappa shape index (κ3) is 2.78. The monoisotopic (exact) mass is 233 g/mol. The van der Waals surface area contributed by atoms with Crippen molar-refractivity contribution >= 4 is 17.0 Å². The van der Waals surface area contributed by atoms with Crippen LogP contribution in [0.5, 0.6) is 0 Å². The Morgan fingerprint density at radius 3 is 2.53 bits per heavy atom. The summed E-state index contributed by atoms with van der Waals surface area (Å²) in [5, 5.41) is 0. The van der Waals surface area contributed by atoms with Crippen LogP contribution >= 0.6 is 0 Å². The Balaban J connectivity index is 2.77. The van der Waals surface area contributed by atoms with E-state index in [1.54, 1.807) is 4.31 Å². The van der Waals surface area contributed by atoms with Gasteiger partial charge in [0, 0.05) is 6.54 Å². The van der Waals surface area contributed by atoms with Gasteiger partial charge in [-0.25, -0.2) is 8.51 Å². The van der Waals surface area contributed by atoms with E-state index in [-0.39, 0.29) is 16.8 Å². The van der Waals surface area contributed by atoms with E-state index in [1.807, 2.05) is 20.8 Å². The third-order valence-electron chi connectivity index (χ3n) is 2.41. The summed E-state index contributed by atoms with van der Waals surface area (Å²) in [6, 6.07) is -0.324. The standard InChI is InChI=1S/C10H19NO3S/c1-10(2,3)15(13)11-7-5-6-8(11)9(12)14-4/h8H,5-7H2,1-4H3/t8-,15?/m0/s1. The smallest absolute Gasteiger partial charge is 0.324 e. The average molecular weight is 233 g/mol. The summed E-state index contributed by atoms with van der Waals surface area (Å²) in [6.45, 7) is 6.45. The first-order chi connectivity index (χ1) is 6.88. The minimum Gasteiger partial charge on any atom is -0.468 e. The highest BCUT2D eigenvalue weighted by Crippen LogP contribution is 2.25. The van der Waals surface area contributed by atoms with E-state index in [4.69, 9.17) is 4.74 Å². The maximum Gasteiger partial charge on any atom is 0.324 e. The van der Waals surface area contributed by atoms with Crippen molar-refractivity contribution in [1.29, 1.82) is 0 Å². The zero-order chi connectivity index (χ0) is 11.6. The largest absolute Gasteiger partial charge is 0.468 e. The lowest BCUT2D eigenvalue weighted by atomic mass is 10.2. The molecule has 4 nitrogen and oxygen atoms in total. The number of rotatable bonds is 2. The summed E-state index contributed by atoms with van der Waals surface area (Å²) in [4.78, 5) is 11.5. The average Bonchev–Trinajstić information content (AvgIpc) is 2.62. The van der Waals surface area contributed by atoms with Gasteiger partial charge in [0.2, 0.25) is 0 Å². The predicted octanol–water partition coefficient (Wildman–Crippen LogP) is 1.09. The maximum atomic E-state index is 12.1. The number of nitrogens with zero attached hydrogens (tertiary/aromatic N) is 1. The molecule has 0 bridgehead atoms. The molecule has 1 aliphatic heterocycles. The quantitative estimate of drug-likeness (QED) is 0.671. The van der Waals surface area contributed by atoms with Crippen LogP contribution in [0.4, 0.5) is 0 Å². The van der Waals surface area contributed by atoms with Gasteiger partial charge >= 0.3 is 5.97 Å². The fourth-order valence-electron chi connectivity index (χ4n) is 1.66. The molecule has 0 saturated carbocycles. The van der Waals surface area contributed by atoms with Gasteiger partial charge in [-0.3, -0.25) is 4.79 Å². The highest BCUT2D eigenvalue weighted by atomic mass is 32.2. The molecule has 0 N–H and O–H groups in total. The number of esters is 1. The molecule has 0 aromatic heterocycles. The number of ether oxygens (including phenoxy) is 1. The van der Waals surface area contributed by atoms with Gasteiger partial charge in [-0.2, -0.15) is 0 Å². The molecular weight excluding hydrogens is 214 g/mol. The third-order valence-corrected chi connectivity index (χ3v) is 4.32. The van der Waals surface area contributed by atoms with Crippen LogP contribution in [-0.2, 0) is 20.5 Å². The molecule has 1 aliphatic rings. The van der Waals surface area contributed by atoms with Crippen molar-refractivity contribution in [3.63, 3.8) is 0 Å². The van der Waals surface area contributed by atoms with Crippen molar-refractivity contribution in [2.24, 2.45) is 0 Å². The molecule has 0 aromatic carbocycles. The zero-order valence-corrected chi connectivity index (χ0v) is 10.6. The van der Waals surface area contributed by atoms with Crippen molar-refractivity contribution in [3.8, 4) is 0 Å². The highest BCUT2D eigenvalue weighted by Gasteiger charge is 2.38. The molecule has 0 aromatic rings. The second kappa shape index (κ2) is 4.61. The molecule has 0 spiro atoms. The van der Waals surface area contributed by atoms with Gasteiger partial charge in [0.05, 0.1) is 11.9 Å². The Morgan fingerprint density at radius 2 is 2.07 bits per heavy atom. The lowest BCUT2D eigenvalue weighted by Crippen LogP contribution is -2.44. The van der Waals surface area contributed by atoms with Gasteiger partial charge < -0.3 is 4.74 Å². The molecule has 1 saturated heterocycles. The highest BCUT2D eigenvalue weighted by molar-refractivity contribution is 7.84. The van der Waals surface area contributed by atoms with Gasteiger partial charge in [0.15, 0.2) is 0 Å². The summed E-state index contributed by atoms with van der Waals surface area (Å²) in [7, 11) is 0.241. The van der Waals surface area contributed by atoms with Crippen LogP contribution in [0.2, 0.25) is 0 Å². The van der Waals surface area contributed by atoms with Gasteiger partial charge in [-0.05, 0) is 33.6 Å². The minimum absolute atomic E-state index is 0.273. The van der Waals surface area contributed by atoms with Crippen molar-refractivity contribution in [3.05, 3.63) is 0 Å². The van der Waals surface area contributed by atoms with E-state index in [2.05, 4.69) is 0 Å². The van der Waals surface area contributed by atoms with Gasteiger partial charge in [0.1, 0.15) is 17.0 Å². The molecule has 0 radical (unpaired) electrons. The topological polar surface area (TPSA) is 46.6 Å². The SMILES string of the molecule is COC(=O)[C@@H]1CCCN1S(=O)C(C)(C)C. The maximum absolute atomic E-state index is 12.1. The second-order valence-corrected chi connectivity index (χ2v) is 6.88. The van der Waals surface area contributed by atoms with E-state index < -0.39 is 11.0 Å². The molecule has 0 aliphatic carbocycles. The summed E-state index contributed by atoms with van der Waals surface area (Å²) in [6.07, 6.45) is 1.65. The molecule has 88 valence electrons. The Kier molecular flexibility index (Phi) is 3.89. The summed E-state index contributed by atoms with van der Waals surface area (Å²) in [5.74, 6) is -0.273. The van der Waals surface area contributed by atoms with Crippen molar-refractivity contribution in [1.82, 2.24) is 4.31 Å². The molecule has 0 amide bonds. The Labute approximate surface area is 93.6 Å². The van der Waals surface area contributed by atoms with Crippen molar-refractivity contribution < 1.29 is 13.7 Å². The molecule has 15 heavy (non-hydrogen) atoms. The van der Waals surface area contributed by atoms with Crippen molar-refractivity contribution in [2.45, 2.75) is 44.4 Å². The van der Waals surface area contributed by atoms with Gasteiger partial charge in [-0.15, -0.1) is 0 Å². The minimum atomic E-state index is -1.13. The van der Waals surface area contributed by atoms with Gasteiger partial charge in [0.25, 0.3) is 0 Å². The molecule has 1 rings (SSSR count). The summed E-state index contributed by atoms with van der Waals surface area (Å²) < 4.78 is 18.3. The number of hydrogen-bond acceptors (Lipinski definition) is 3. The predicted molar refractivity (Wildman–Crippen MR) is 59.6 cm³/mol. The van der Waals surface area contributed by atoms with Crippen LogP contribution in [-0.4, -0.2) is 38.9 Å². The molecular formula is C10H19NO3S. The number of carbonyl (C=O) groups is 1. The van der Waals surface area contributed by atoms with Crippen LogP contribution < -0.4 is 0 Å². The summed E-state index contributed by atoms with van der Waals surface area (Å²) in [5.41, 5.74) is 0. The molecule has 1 unspecified atom stereocenters. The number of carbonyl (C=O) groups excluding carboxylic acids is 1. The number of hydrogen-bond donors (Lipinski definition) is 0. The molecule has 5 heteroatoms. The lowest BCUT2D eigenvalue weighted by molar-refractivity contribution is -0.144. The first-order valence-corrected chi connectivity index (χ1v) is 6.25. The van der Waals surface area contributed by atoms with Crippen LogP contribution in [0.1, 0.15) is 33.6 Å². The first kappa shape index (κ1) is 12.6. The van der Waals surface area contributed by atoms with E-state index in [9.17, 15) is 9.00 Å². The first-order valence-electron chi connectivity index (χ1n) is 5.14. The van der Waals surface area contributed by atoms with Crippen LogP contribution in [0.25, 0.3) is 0 Å². The lowest BCUT2D eigenvalue weighted by Gasteiger charge is -2.28. The Morgan fingerprint density at radius 1 is 1.47 bits per heavy atom. The Hall–Kier alpha value is -0.420. The zero-order valence-electron chi connectivity index (χ0n) is 9.78.